The first kappa shape index (κ1) is 18.6. The summed E-state index contributed by atoms with van der Waals surface area (Å²) >= 11 is 0. The third-order valence-corrected chi connectivity index (χ3v) is 6.12. The average molecular weight is 372 g/mol. The number of hydrogen-bond acceptors (Lipinski definition) is 3. The molecule has 27 heavy (non-hydrogen) atoms. The summed E-state index contributed by atoms with van der Waals surface area (Å²) in [6.45, 7) is 7.98. The van der Waals surface area contributed by atoms with Crippen molar-refractivity contribution in [2.24, 2.45) is 5.92 Å². The van der Waals surface area contributed by atoms with Crippen molar-refractivity contribution in [1.82, 2.24) is 14.5 Å². The van der Waals surface area contributed by atoms with E-state index in [1.165, 1.54) is 30.4 Å². The number of piperidine rings is 1. The lowest BCUT2D eigenvalue weighted by Crippen LogP contribution is -2.35. The number of benzene rings is 1. The van der Waals surface area contributed by atoms with Crippen LogP contribution in [-0.4, -0.2) is 40.8 Å². The Labute approximate surface area is 161 Å². The van der Waals surface area contributed by atoms with Crippen LogP contribution in [0.1, 0.15) is 48.7 Å². The minimum atomic E-state index is -0.140. The topological polar surface area (TPSA) is 30.3 Å². The van der Waals surface area contributed by atoms with Crippen LogP contribution in [0.4, 0.5) is 4.39 Å². The third-order valence-electron chi connectivity index (χ3n) is 6.12. The fourth-order valence-corrected chi connectivity index (χ4v) is 4.48. The predicted octanol–water partition coefficient (Wildman–Crippen LogP) is 4.14. The Hall–Kier alpha value is -1.72. The summed E-state index contributed by atoms with van der Waals surface area (Å²) < 4.78 is 21.4. The van der Waals surface area contributed by atoms with Gasteiger partial charge in [-0.05, 0) is 69.3 Å². The highest BCUT2D eigenvalue weighted by Gasteiger charge is 2.25. The molecular formula is C22H30FN3O. The summed E-state index contributed by atoms with van der Waals surface area (Å²) in [5.74, 6) is 2.36. The van der Waals surface area contributed by atoms with Crippen LogP contribution >= 0.6 is 0 Å². The molecule has 2 fully saturated rings. The number of aromatic nitrogens is 2. The number of halogens is 1. The van der Waals surface area contributed by atoms with Gasteiger partial charge in [0.15, 0.2) is 0 Å². The molecule has 0 saturated carbocycles. The van der Waals surface area contributed by atoms with E-state index >= 15 is 0 Å². The Bertz CT molecular complexity index is 746. The second kappa shape index (κ2) is 8.53. The molecule has 0 atom stereocenters. The smallest absolute Gasteiger partial charge is 0.123 e. The Balaban J connectivity index is 1.33. The predicted molar refractivity (Wildman–Crippen MR) is 104 cm³/mol. The first-order chi connectivity index (χ1) is 13.2. The van der Waals surface area contributed by atoms with Crippen molar-refractivity contribution in [3.63, 3.8) is 0 Å². The monoisotopic (exact) mass is 371 g/mol. The lowest BCUT2D eigenvalue weighted by atomic mass is 9.95. The molecule has 0 radical (unpaired) electrons. The van der Waals surface area contributed by atoms with Crippen molar-refractivity contribution < 1.29 is 9.13 Å². The highest BCUT2D eigenvalue weighted by atomic mass is 19.1. The molecule has 146 valence electrons. The van der Waals surface area contributed by atoms with E-state index in [0.717, 1.165) is 57.8 Å². The minimum Gasteiger partial charge on any atom is -0.381 e. The molecular weight excluding hydrogens is 341 g/mol. The fraction of sp³-hybridized carbons (Fsp3) is 0.591. The molecule has 1 aromatic heterocycles. The molecule has 3 heterocycles. The number of nitrogens with zero attached hydrogens (tertiary/aromatic N) is 3. The van der Waals surface area contributed by atoms with Gasteiger partial charge in [0, 0.05) is 44.1 Å². The van der Waals surface area contributed by atoms with Crippen molar-refractivity contribution in [2.75, 3.05) is 26.3 Å². The molecule has 0 bridgehead atoms. The number of hydrogen-bond donors (Lipinski definition) is 0. The minimum absolute atomic E-state index is 0.140. The molecule has 0 N–H and O–H groups in total. The second-order valence-electron chi connectivity index (χ2n) is 8.10. The van der Waals surface area contributed by atoms with E-state index in [1.807, 2.05) is 12.3 Å². The zero-order chi connectivity index (χ0) is 18.6. The number of aryl methyl sites for hydroxylation is 1. The summed E-state index contributed by atoms with van der Waals surface area (Å²) in [5.41, 5.74) is 2.35. The SMILES string of the molecule is Cc1cnc(C2CCOCC2)n1CC1CCN(Cc2cccc(F)c2)CC1. The molecule has 0 unspecified atom stereocenters. The van der Waals surface area contributed by atoms with Gasteiger partial charge in [0.1, 0.15) is 11.6 Å². The van der Waals surface area contributed by atoms with Crippen LogP contribution in [0, 0.1) is 18.7 Å². The standard InChI is InChI=1S/C22H30FN3O/c1-17-14-24-22(20-7-11-27-12-8-20)26(17)16-18-5-9-25(10-6-18)15-19-3-2-4-21(23)13-19/h2-4,13-14,18,20H,5-12,15-16H2,1H3. The van der Waals surface area contributed by atoms with Crippen molar-refractivity contribution in [3.05, 3.63) is 53.4 Å². The van der Waals surface area contributed by atoms with Crippen LogP contribution in [0.25, 0.3) is 0 Å². The van der Waals surface area contributed by atoms with Gasteiger partial charge >= 0.3 is 0 Å². The van der Waals surface area contributed by atoms with E-state index in [-0.39, 0.29) is 5.82 Å². The molecule has 4 rings (SSSR count). The first-order valence-corrected chi connectivity index (χ1v) is 10.3. The molecule has 0 aliphatic carbocycles. The van der Waals surface area contributed by atoms with Crippen LogP contribution in [0.2, 0.25) is 0 Å². The summed E-state index contributed by atoms with van der Waals surface area (Å²) in [7, 11) is 0. The van der Waals surface area contributed by atoms with E-state index in [1.54, 1.807) is 12.1 Å². The molecule has 2 aliphatic rings. The van der Waals surface area contributed by atoms with Crippen LogP contribution in [-0.2, 0) is 17.8 Å². The zero-order valence-corrected chi connectivity index (χ0v) is 16.2. The Morgan fingerprint density at radius 2 is 1.93 bits per heavy atom. The second-order valence-corrected chi connectivity index (χ2v) is 8.10. The Morgan fingerprint density at radius 3 is 2.67 bits per heavy atom. The summed E-state index contributed by atoms with van der Waals surface area (Å²) in [4.78, 5) is 7.20. The van der Waals surface area contributed by atoms with Gasteiger partial charge in [-0.1, -0.05) is 12.1 Å². The molecule has 0 amide bonds. The lowest BCUT2D eigenvalue weighted by Gasteiger charge is -2.33. The molecule has 2 aromatic rings. The van der Waals surface area contributed by atoms with Crippen LogP contribution < -0.4 is 0 Å². The van der Waals surface area contributed by atoms with Crippen LogP contribution in [0.3, 0.4) is 0 Å². The maximum atomic E-state index is 13.4. The van der Waals surface area contributed by atoms with Gasteiger partial charge in [0.05, 0.1) is 0 Å². The van der Waals surface area contributed by atoms with E-state index in [2.05, 4.69) is 16.4 Å². The molecule has 4 nitrogen and oxygen atoms in total. The van der Waals surface area contributed by atoms with Gasteiger partial charge < -0.3 is 9.30 Å². The molecule has 1 aromatic carbocycles. The maximum Gasteiger partial charge on any atom is 0.123 e. The first-order valence-electron chi connectivity index (χ1n) is 10.3. The number of imidazole rings is 1. The molecule has 2 aliphatic heterocycles. The normalized spacial score (nSPS) is 20.2. The van der Waals surface area contributed by atoms with Crippen molar-refractivity contribution in [1.29, 1.82) is 0 Å². The van der Waals surface area contributed by atoms with Crippen molar-refractivity contribution in [2.45, 2.75) is 51.6 Å². The largest absolute Gasteiger partial charge is 0.381 e. The van der Waals surface area contributed by atoms with E-state index in [0.29, 0.717) is 11.8 Å². The van der Waals surface area contributed by atoms with E-state index in [9.17, 15) is 4.39 Å². The van der Waals surface area contributed by atoms with Crippen LogP contribution in [0.15, 0.2) is 30.5 Å². The van der Waals surface area contributed by atoms with Gasteiger partial charge in [-0.25, -0.2) is 9.37 Å². The maximum absolute atomic E-state index is 13.4. The summed E-state index contributed by atoms with van der Waals surface area (Å²) in [5, 5.41) is 0. The molecule has 2 saturated heterocycles. The van der Waals surface area contributed by atoms with E-state index in [4.69, 9.17) is 9.72 Å². The molecule has 0 spiro atoms. The van der Waals surface area contributed by atoms with Crippen molar-refractivity contribution >= 4 is 0 Å². The highest BCUT2D eigenvalue weighted by Crippen LogP contribution is 2.29. The van der Waals surface area contributed by atoms with E-state index < -0.39 is 0 Å². The quantitative estimate of drug-likeness (QED) is 0.791. The fourth-order valence-electron chi connectivity index (χ4n) is 4.48. The molecule has 5 heteroatoms. The summed E-state index contributed by atoms with van der Waals surface area (Å²) in [6, 6.07) is 6.99. The number of likely N-dealkylation sites (tertiary alicyclic amines) is 1. The van der Waals surface area contributed by atoms with Crippen molar-refractivity contribution in [3.8, 4) is 0 Å². The number of rotatable bonds is 5. The Kier molecular flexibility index (Phi) is 5.89. The number of ether oxygens (including phenoxy) is 1. The van der Waals surface area contributed by atoms with Gasteiger partial charge in [-0.3, -0.25) is 4.90 Å². The lowest BCUT2D eigenvalue weighted by molar-refractivity contribution is 0.0822. The van der Waals surface area contributed by atoms with Gasteiger partial charge in [0.2, 0.25) is 0 Å². The van der Waals surface area contributed by atoms with Gasteiger partial charge in [-0.15, -0.1) is 0 Å². The Morgan fingerprint density at radius 1 is 1.15 bits per heavy atom. The third kappa shape index (κ3) is 4.58. The van der Waals surface area contributed by atoms with Gasteiger partial charge in [0.25, 0.3) is 0 Å². The zero-order valence-electron chi connectivity index (χ0n) is 16.2. The van der Waals surface area contributed by atoms with Gasteiger partial charge in [-0.2, -0.15) is 0 Å². The highest BCUT2D eigenvalue weighted by molar-refractivity contribution is 5.16. The summed E-state index contributed by atoms with van der Waals surface area (Å²) in [6.07, 6.45) is 6.59. The van der Waals surface area contributed by atoms with Crippen LogP contribution in [0.5, 0.6) is 0 Å². The average Bonchev–Trinajstić information content (AvgIpc) is 3.05.